The van der Waals surface area contributed by atoms with Crippen molar-refractivity contribution in [3.05, 3.63) is 67.6 Å². The van der Waals surface area contributed by atoms with Gasteiger partial charge in [0.2, 0.25) is 0 Å². The molecule has 0 aliphatic heterocycles. The van der Waals surface area contributed by atoms with Gasteiger partial charge in [-0.05, 0) is 42.8 Å². The molecule has 0 heterocycles. The molecule has 2 rings (SSSR count). The summed E-state index contributed by atoms with van der Waals surface area (Å²) in [5.74, 6) is -1.58. The molecule has 2 aromatic rings. The van der Waals surface area contributed by atoms with Gasteiger partial charge in [0.15, 0.2) is 11.6 Å². The molecule has 0 saturated heterocycles. The van der Waals surface area contributed by atoms with E-state index in [1.165, 1.54) is 0 Å². The van der Waals surface area contributed by atoms with E-state index < -0.39 is 17.7 Å². The van der Waals surface area contributed by atoms with Gasteiger partial charge in [-0.3, -0.25) is 0 Å². The topological polar surface area (TPSA) is 12.0 Å². The Bertz CT molecular complexity index is 639. The van der Waals surface area contributed by atoms with Crippen LogP contribution in [0.25, 0.3) is 0 Å². The van der Waals surface area contributed by atoms with Gasteiger partial charge in [-0.2, -0.15) is 0 Å². The summed E-state index contributed by atoms with van der Waals surface area (Å²) in [6, 6.07) is 8.53. The average Bonchev–Trinajstić information content (AvgIpc) is 2.42. The van der Waals surface area contributed by atoms with Gasteiger partial charge in [-0.15, -0.1) is 0 Å². The van der Waals surface area contributed by atoms with E-state index in [-0.39, 0.29) is 0 Å². The molecule has 1 nitrogen and oxygen atoms in total. The molecule has 112 valence electrons. The van der Waals surface area contributed by atoms with Crippen LogP contribution in [0, 0.1) is 18.6 Å². The largest absolute Gasteiger partial charge is 0.306 e. The Morgan fingerprint density at radius 3 is 2.24 bits per heavy atom. The third kappa shape index (κ3) is 3.71. The number of hydrogen-bond donors (Lipinski definition) is 1. The van der Waals surface area contributed by atoms with E-state index in [2.05, 4.69) is 37.2 Å². The first-order chi connectivity index (χ1) is 9.93. The molecule has 1 atom stereocenters. The van der Waals surface area contributed by atoms with E-state index in [9.17, 15) is 8.78 Å². The van der Waals surface area contributed by atoms with Crippen LogP contribution in [0.15, 0.2) is 39.3 Å². The maximum atomic E-state index is 14.3. The van der Waals surface area contributed by atoms with Gasteiger partial charge in [0, 0.05) is 14.5 Å². The molecule has 2 aromatic carbocycles. The van der Waals surface area contributed by atoms with Crippen molar-refractivity contribution < 1.29 is 8.78 Å². The van der Waals surface area contributed by atoms with Gasteiger partial charge in [0.05, 0.1) is 6.04 Å². The molecule has 0 fully saturated rings. The Labute approximate surface area is 140 Å². The Kier molecular flexibility index (Phi) is 5.52. The molecular weight excluding hydrogens is 404 g/mol. The van der Waals surface area contributed by atoms with Crippen LogP contribution in [0.1, 0.15) is 29.7 Å². The van der Waals surface area contributed by atoms with Gasteiger partial charge >= 0.3 is 0 Å². The number of aryl methyl sites for hydroxylation is 1. The summed E-state index contributed by atoms with van der Waals surface area (Å²) in [7, 11) is 0. The number of hydrogen-bond acceptors (Lipinski definition) is 1. The normalized spacial score (nSPS) is 12.5. The van der Waals surface area contributed by atoms with Crippen molar-refractivity contribution >= 4 is 31.9 Å². The Hall–Kier alpha value is -0.780. The molecule has 0 aliphatic carbocycles. The van der Waals surface area contributed by atoms with Crippen molar-refractivity contribution in [2.24, 2.45) is 0 Å². The van der Waals surface area contributed by atoms with Gasteiger partial charge in [-0.25, -0.2) is 8.78 Å². The summed E-state index contributed by atoms with van der Waals surface area (Å²) in [5.41, 5.74) is 1.48. The van der Waals surface area contributed by atoms with E-state index in [1.807, 2.05) is 25.1 Å². The zero-order chi connectivity index (χ0) is 15.6. The summed E-state index contributed by atoms with van der Waals surface area (Å²) in [5, 5.41) is 3.21. The molecule has 0 bridgehead atoms. The maximum Gasteiger partial charge on any atom is 0.164 e. The van der Waals surface area contributed by atoms with Crippen LogP contribution < -0.4 is 5.32 Å². The second kappa shape index (κ2) is 6.99. The SMILES string of the molecule is CCNC(c1cc(Br)cc(Br)c1)c1ccc(C)c(F)c1F. The van der Waals surface area contributed by atoms with Crippen LogP contribution in [0.4, 0.5) is 8.78 Å². The highest BCUT2D eigenvalue weighted by atomic mass is 79.9. The van der Waals surface area contributed by atoms with E-state index in [0.717, 1.165) is 14.5 Å². The van der Waals surface area contributed by atoms with Crippen LogP contribution in [0.5, 0.6) is 0 Å². The Balaban J connectivity index is 2.56. The molecule has 5 heteroatoms. The summed E-state index contributed by atoms with van der Waals surface area (Å²) >= 11 is 6.85. The Morgan fingerprint density at radius 1 is 1.05 bits per heavy atom. The quantitative estimate of drug-likeness (QED) is 0.691. The van der Waals surface area contributed by atoms with Gasteiger partial charge < -0.3 is 5.32 Å². The fourth-order valence-corrected chi connectivity index (χ4v) is 3.57. The van der Waals surface area contributed by atoms with Gasteiger partial charge in [0.25, 0.3) is 0 Å². The molecule has 1 N–H and O–H groups in total. The summed E-state index contributed by atoms with van der Waals surface area (Å²) in [6.07, 6.45) is 0. The van der Waals surface area contributed by atoms with Crippen LogP contribution in [-0.4, -0.2) is 6.54 Å². The monoisotopic (exact) mass is 417 g/mol. The van der Waals surface area contributed by atoms with Crippen LogP contribution in [-0.2, 0) is 0 Å². The fraction of sp³-hybridized carbons (Fsp3) is 0.250. The summed E-state index contributed by atoms with van der Waals surface area (Å²) in [4.78, 5) is 0. The molecule has 0 amide bonds. The van der Waals surface area contributed by atoms with Crippen LogP contribution >= 0.6 is 31.9 Å². The first kappa shape index (κ1) is 16.6. The van der Waals surface area contributed by atoms with Gasteiger partial charge in [-0.1, -0.05) is 50.9 Å². The van der Waals surface area contributed by atoms with Crippen molar-refractivity contribution in [2.75, 3.05) is 6.54 Å². The van der Waals surface area contributed by atoms with E-state index in [0.29, 0.717) is 17.7 Å². The molecular formula is C16H15Br2F2N. The van der Waals surface area contributed by atoms with Gasteiger partial charge in [0.1, 0.15) is 0 Å². The van der Waals surface area contributed by atoms with Crippen LogP contribution in [0.2, 0.25) is 0 Å². The number of halogens is 4. The molecule has 0 radical (unpaired) electrons. The highest BCUT2D eigenvalue weighted by molar-refractivity contribution is 9.11. The highest BCUT2D eigenvalue weighted by Gasteiger charge is 2.21. The molecule has 21 heavy (non-hydrogen) atoms. The highest BCUT2D eigenvalue weighted by Crippen LogP contribution is 2.30. The Morgan fingerprint density at radius 2 is 1.67 bits per heavy atom. The second-order valence-electron chi connectivity index (χ2n) is 4.79. The standard InChI is InChI=1S/C16H15Br2F2N/c1-3-21-16(10-6-11(17)8-12(18)7-10)13-5-4-9(2)14(19)15(13)20/h4-8,16,21H,3H2,1-2H3. The maximum absolute atomic E-state index is 14.3. The third-order valence-corrected chi connectivity index (χ3v) is 4.16. The zero-order valence-corrected chi connectivity index (χ0v) is 14.9. The van der Waals surface area contributed by atoms with Crippen molar-refractivity contribution in [3.8, 4) is 0 Å². The number of rotatable bonds is 4. The smallest absolute Gasteiger partial charge is 0.164 e. The first-order valence-electron chi connectivity index (χ1n) is 6.58. The lowest BCUT2D eigenvalue weighted by Crippen LogP contribution is -2.23. The van der Waals surface area contributed by atoms with Crippen molar-refractivity contribution in [2.45, 2.75) is 19.9 Å². The summed E-state index contributed by atoms with van der Waals surface area (Å²) in [6.45, 7) is 4.13. The number of benzene rings is 2. The predicted molar refractivity (Wildman–Crippen MR) is 88.5 cm³/mol. The predicted octanol–water partition coefficient (Wildman–Crippen LogP) is 5.50. The lowest BCUT2D eigenvalue weighted by atomic mass is 9.97. The first-order valence-corrected chi connectivity index (χ1v) is 8.16. The molecule has 1 unspecified atom stereocenters. The second-order valence-corrected chi connectivity index (χ2v) is 6.62. The molecule has 0 aliphatic rings. The average molecular weight is 419 g/mol. The van der Waals surface area contributed by atoms with Crippen molar-refractivity contribution in [1.29, 1.82) is 0 Å². The van der Waals surface area contributed by atoms with Crippen LogP contribution in [0.3, 0.4) is 0 Å². The van der Waals surface area contributed by atoms with E-state index in [1.54, 1.807) is 19.1 Å². The minimum atomic E-state index is -0.794. The number of nitrogens with one attached hydrogen (secondary N) is 1. The summed E-state index contributed by atoms with van der Waals surface area (Å²) < 4.78 is 29.9. The minimum absolute atomic E-state index is 0.307. The fourth-order valence-electron chi connectivity index (χ4n) is 2.24. The molecule has 0 saturated carbocycles. The van der Waals surface area contributed by atoms with E-state index in [4.69, 9.17) is 0 Å². The third-order valence-electron chi connectivity index (χ3n) is 3.24. The lowest BCUT2D eigenvalue weighted by molar-refractivity contribution is 0.478. The van der Waals surface area contributed by atoms with Crippen molar-refractivity contribution in [1.82, 2.24) is 5.32 Å². The van der Waals surface area contributed by atoms with Crippen molar-refractivity contribution in [3.63, 3.8) is 0 Å². The van der Waals surface area contributed by atoms with E-state index >= 15 is 0 Å². The zero-order valence-electron chi connectivity index (χ0n) is 11.7. The lowest BCUT2D eigenvalue weighted by Gasteiger charge is -2.21. The molecule has 0 aromatic heterocycles. The minimum Gasteiger partial charge on any atom is -0.306 e. The molecule has 0 spiro atoms.